The van der Waals surface area contributed by atoms with Crippen LogP contribution in [0.15, 0.2) is 9.85 Å². The second-order valence-corrected chi connectivity index (χ2v) is 8.04. The number of carbonyl (C=O) groups is 1. The first-order chi connectivity index (χ1) is 10.2. The van der Waals surface area contributed by atoms with Crippen molar-refractivity contribution in [1.29, 1.82) is 0 Å². The Morgan fingerprint density at radius 3 is 3.29 bits per heavy atom. The van der Waals surface area contributed by atoms with Gasteiger partial charge in [0.05, 0.1) is 36.1 Å². The van der Waals surface area contributed by atoms with Crippen molar-refractivity contribution in [2.24, 2.45) is 0 Å². The van der Waals surface area contributed by atoms with Crippen LogP contribution in [-0.4, -0.2) is 43.3 Å². The maximum atomic E-state index is 12.2. The monoisotopic (exact) mass is 373 g/mol. The van der Waals surface area contributed by atoms with Crippen molar-refractivity contribution in [2.75, 3.05) is 26.4 Å². The van der Waals surface area contributed by atoms with Gasteiger partial charge in [0.25, 0.3) is 0 Å². The number of fused-ring (bicyclic) bond motifs is 1. The van der Waals surface area contributed by atoms with Crippen molar-refractivity contribution in [3.05, 3.63) is 20.3 Å². The Labute approximate surface area is 137 Å². The first kappa shape index (κ1) is 15.5. The molecule has 1 saturated heterocycles. The summed E-state index contributed by atoms with van der Waals surface area (Å²) in [4.78, 5) is 15.5. The predicted octanol–water partition coefficient (Wildman–Crippen LogP) is 2.98. The highest BCUT2D eigenvalue weighted by Gasteiger charge is 2.22. The van der Waals surface area contributed by atoms with Gasteiger partial charge < -0.3 is 14.4 Å². The Kier molecular flexibility index (Phi) is 5.32. The molecule has 0 spiro atoms. The van der Waals surface area contributed by atoms with Gasteiger partial charge in [-0.05, 0) is 46.8 Å². The van der Waals surface area contributed by atoms with Crippen LogP contribution in [0.5, 0.6) is 0 Å². The molecule has 0 saturated carbocycles. The van der Waals surface area contributed by atoms with Gasteiger partial charge in [-0.2, -0.15) is 0 Å². The van der Waals surface area contributed by atoms with Gasteiger partial charge in [0.2, 0.25) is 5.91 Å². The molecule has 4 nitrogen and oxygen atoms in total. The van der Waals surface area contributed by atoms with Crippen LogP contribution in [0.2, 0.25) is 0 Å². The van der Waals surface area contributed by atoms with Crippen molar-refractivity contribution >= 4 is 33.2 Å². The second kappa shape index (κ2) is 7.22. The lowest BCUT2D eigenvalue weighted by Crippen LogP contribution is -2.35. The van der Waals surface area contributed by atoms with Gasteiger partial charge in [0.15, 0.2) is 0 Å². The maximum absolute atomic E-state index is 12.2. The van der Waals surface area contributed by atoms with Crippen LogP contribution < -0.4 is 0 Å². The molecule has 0 radical (unpaired) electrons. The lowest BCUT2D eigenvalue weighted by Gasteiger charge is -2.27. The van der Waals surface area contributed by atoms with Crippen LogP contribution >= 0.6 is 27.3 Å². The summed E-state index contributed by atoms with van der Waals surface area (Å²) in [6.07, 6.45) is 3.87. The van der Waals surface area contributed by atoms with E-state index in [9.17, 15) is 4.79 Å². The highest BCUT2D eigenvalue weighted by molar-refractivity contribution is 9.11. The number of carbonyl (C=O) groups excluding carboxylic acids is 1. The molecular weight excluding hydrogens is 354 g/mol. The topological polar surface area (TPSA) is 38.8 Å². The minimum absolute atomic E-state index is 0.192. The highest BCUT2D eigenvalue weighted by atomic mass is 79.9. The number of rotatable bonds is 5. The molecule has 0 aromatic carbocycles. The van der Waals surface area contributed by atoms with Crippen LogP contribution in [-0.2, 0) is 27.2 Å². The largest absolute Gasteiger partial charge is 0.378 e. The number of hydrogen-bond donors (Lipinski definition) is 0. The molecule has 1 amide bonds. The van der Waals surface area contributed by atoms with Crippen molar-refractivity contribution in [3.8, 4) is 0 Å². The Morgan fingerprint density at radius 1 is 1.57 bits per heavy atom. The fourth-order valence-electron chi connectivity index (χ4n) is 2.80. The summed E-state index contributed by atoms with van der Waals surface area (Å²) in [6, 6.07) is 2.17. The van der Waals surface area contributed by atoms with E-state index in [1.807, 2.05) is 4.90 Å². The molecule has 0 unspecified atom stereocenters. The fourth-order valence-corrected chi connectivity index (χ4v) is 4.62. The Hall–Kier alpha value is -0.430. The molecule has 116 valence electrons. The Morgan fingerprint density at radius 2 is 2.48 bits per heavy atom. The zero-order valence-electron chi connectivity index (χ0n) is 12.0. The van der Waals surface area contributed by atoms with Gasteiger partial charge in [0, 0.05) is 18.0 Å². The number of thiophene rings is 1. The van der Waals surface area contributed by atoms with Gasteiger partial charge in [-0.3, -0.25) is 4.79 Å². The molecule has 1 aromatic heterocycles. The Balaban J connectivity index is 1.39. The summed E-state index contributed by atoms with van der Waals surface area (Å²) >= 11 is 5.25. The van der Waals surface area contributed by atoms with Crippen molar-refractivity contribution in [1.82, 2.24) is 4.90 Å². The minimum Gasteiger partial charge on any atom is -0.378 e. The predicted molar refractivity (Wildman–Crippen MR) is 85.6 cm³/mol. The Bertz CT molecular complexity index is 499. The van der Waals surface area contributed by atoms with Crippen LogP contribution in [0, 0.1) is 0 Å². The van der Waals surface area contributed by atoms with Crippen LogP contribution in [0.3, 0.4) is 0 Å². The van der Waals surface area contributed by atoms with Crippen molar-refractivity contribution < 1.29 is 14.3 Å². The SMILES string of the molecule is O=C(CCOC[C@@H]1CCCO1)N1CCc2cc(Br)sc2C1. The quantitative estimate of drug-likeness (QED) is 0.744. The van der Waals surface area contributed by atoms with E-state index in [0.717, 1.165) is 42.7 Å². The van der Waals surface area contributed by atoms with E-state index in [1.54, 1.807) is 11.3 Å². The maximum Gasteiger partial charge on any atom is 0.225 e. The van der Waals surface area contributed by atoms with Gasteiger partial charge in [-0.15, -0.1) is 11.3 Å². The fraction of sp³-hybridized carbons (Fsp3) is 0.667. The summed E-state index contributed by atoms with van der Waals surface area (Å²) < 4.78 is 12.2. The molecule has 1 aromatic rings. The van der Waals surface area contributed by atoms with Crippen molar-refractivity contribution in [2.45, 2.75) is 38.3 Å². The number of nitrogens with zero attached hydrogens (tertiary/aromatic N) is 1. The van der Waals surface area contributed by atoms with E-state index in [0.29, 0.717) is 19.6 Å². The van der Waals surface area contributed by atoms with E-state index in [2.05, 4.69) is 22.0 Å². The summed E-state index contributed by atoms with van der Waals surface area (Å²) in [7, 11) is 0. The lowest BCUT2D eigenvalue weighted by atomic mass is 10.1. The molecule has 0 aliphatic carbocycles. The van der Waals surface area contributed by atoms with Gasteiger partial charge in [0.1, 0.15) is 0 Å². The van der Waals surface area contributed by atoms with Gasteiger partial charge >= 0.3 is 0 Å². The molecule has 0 N–H and O–H groups in total. The zero-order valence-corrected chi connectivity index (χ0v) is 14.4. The van der Waals surface area contributed by atoms with E-state index in [1.165, 1.54) is 10.4 Å². The van der Waals surface area contributed by atoms with Gasteiger partial charge in [-0.1, -0.05) is 0 Å². The molecule has 6 heteroatoms. The smallest absolute Gasteiger partial charge is 0.225 e. The van der Waals surface area contributed by atoms with E-state index >= 15 is 0 Å². The standard InChI is InChI=1S/C15H20BrNO3S/c16-14-8-11-3-5-17(9-13(11)21-14)15(18)4-7-19-10-12-2-1-6-20-12/h8,12H,1-7,9-10H2/t12-/m0/s1. The molecule has 0 bridgehead atoms. The normalized spacial score (nSPS) is 21.6. The number of hydrogen-bond acceptors (Lipinski definition) is 4. The summed E-state index contributed by atoms with van der Waals surface area (Å²) in [5.41, 5.74) is 1.38. The number of amides is 1. The first-order valence-electron chi connectivity index (χ1n) is 7.46. The molecule has 3 heterocycles. The van der Waals surface area contributed by atoms with E-state index < -0.39 is 0 Å². The molecule has 3 rings (SSSR count). The summed E-state index contributed by atoms with van der Waals surface area (Å²) in [5.74, 6) is 0.192. The molecule has 1 fully saturated rings. The average Bonchev–Trinajstić information content (AvgIpc) is 3.10. The molecule has 2 aliphatic heterocycles. The average molecular weight is 374 g/mol. The molecule has 1 atom stereocenters. The first-order valence-corrected chi connectivity index (χ1v) is 9.07. The minimum atomic E-state index is 0.192. The second-order valence-electron chi connectivity index (χ2n) is 5.52. The number of ether oxygens (including phenoxy) is 2. The van der Waals surface area contributed by atoms with E-state index in [4.69, 9.17) is 9.47 Å². The lowest BCUT2D eigenvalue weighted by molar-refractivity contribution is -0.133. The number of halogens is 1. The van der Waals surface area contributed by atoms with E-state index in [-0.39, 0.29) is 12.0 Å². The summed E-state index contributed by atoms with van der Waals surface area (Å²) in [5, 5.41) is 0. The third-order valence-electron chi connectivity index (χ3n) is 3.99. The zero-order chi connectivity index (χ0) is 14.7. The molecule has 2 aliphatic rings. The van der Waals surface area contributed by atoms with Gasteiger partial charge in [-0.25, -0.2) is 0 Å². The third-order valence-corrected chi connectivity index (χ3v) is 5.66. The van der Waals surface area contributed by atoms with Crippen molar-refractivity contribution in [3.63, 3.8) is 0 Å². The van der Waals surface area contributed by atoms with Crippen LogP contribution in [0.25, 0.3) is 0 Å². The van der Waals surface area contributed by atoms with Crippen LogP contribution in [0.1, 0.15) is 29.7 Å². The molecule has 21 heavy (non-hydrogen) atoms. The highest BCUT2D eigenvalue weighted by Crippen LogP contribution is 2.31. The van der Waals surface area contributed by atoms with Crippen LogP contribution in [0.4, 0.5) is 0 Å². The molecular formula is C15H20BrNO3S. The third kappa shape index (κ3) is 4.06. The summed E-state index contributed by atoms with van der Waals surface area (Å²) in [6.45, 7) is 3.53.